The number of esters is 1. The molecule has 7 nitrogen and oxygen atoms in total. The maximum absolute atomic E-state index is 13.6. The number of halogens is 5. The van der Waals surface area contributed by atoms with Crippen LogP contribution in [0.4, 0.5) is 18.9 Å². The third-order valence-electron chi connectivity index (χ3n) is 3.93. The number of carbonyl (C=O) groups excluding carboxylic acids is 2. The molecule has 3 aromatic rings. The van der Waals surface area contributed by atoms with Crippen molar-refractivity contribution in [3.63, 3.8) is 0 Å². The molecule has 0 atom stereocenters. The van der Waals surface area contributed by atoms with Crippen molar-refractivity contribution in [1.82, 2.24) is 14.8 Å². The molecule has 2 aromatic heterocycles. The molecule has 0 bridgehead atoms. The summed E-state index contributed by atoms with van der Waals surface area (Å²) in [4.78, 5) is 28.0. The molecule has 0 aliphatic rings. The number of pyridine rings is 1. The van der Waals surface area contributed by atoms with Crippen LogP contribution in [0, 0.1) is 0 Å². The van der Waals surface area contributed by atoms with Gasteiger partial charge in [-0.2, -0.15) is 18.3 Å². The van der Waals surface area contributed by atoms with E-state index in [0.717, 1.165) is 6.20 Å². The van der Waals surface area contributed by atoms with E-state index in [4.69, 9.17) is 23.2 Å². The van der Waals surface area contributed by atoms with Crippen LogP contribution in [0.15, 0.2) is 42.6 Å². The minimum Gasteiger partial charge on any atom is -0.462 e. The standard InChI is InChI=1S/C19H13Cl2F3N4O3/c1-2-31-18(30)12-9-25-28(16(12)19(22,23)24)11-5-3-10(4-6-11)26-17(29)15-13(20)7-8-14(21)27-15/h3-9H,2H2,1H3,(H,26,29). The number of nitrogens with one attached hydrogen (secondary N) is 1. The van der Waals surface area contributed by atoms with Gasteiger partial charge < -0.3 is 10.1 Å². The number of rotatable bonds is 5. The lowest BCUT2D eigenvalue weighted by molar-refractivity contribution is -0.143. The monoisotopic (exact) mass is 472 g/mol. The van der Waals surface area contributed by atoms with Crippen LogP contribution in [0.2, 0.25) is 10.2 Å². The molecule has 0 saturated heterocycles. The highest BCUT2D eigenvalue weighted by Gasteiger charge is 2.41. The number of hydrogen-bond acceptors (Lipinski definition) is 5. The number of anilines is 1. The predicted molar refractivity (Wildman–Crippen MR) is 107 cm³/mol. The summed E-state index contributed by atoms with van der Waals surface area (Å²) in [6.07, 6.45) is -4.07. The molecule has 1 N–H and O–H groups in total. The van der Waals surface area contributed by atoms with Crippen molar-refractivity contribution < 1.29 is 27.5 Å². The van der Waals surface area contributed by atoms with Gasteiger partial charge in [0, 0.05) is 5.69 Å². The fourth-order valence-electron chi connectivity index (χ4n) is 2.63. The number of aromatic nitrogens is 3. The Morgan fingerprint density at radius 2 is 1.81 bits per heavy atom. The summed E-state index contributed by atoms with van der Waals surface area (Å²) < 4.78 is 46.0. The van der Waals surface area contributed by atoms with E-state index >= 15 is 0 Å². The van der Waals surface area contributed by atoms with Crippen molar-refractivity contribution >= 4 is 40.8 Å². The average molecular weight is 473 g/mol. The van der Waals surface area contributed by atoms with Gasteiger partial charge in [-0.3, -0.25) is 4.79 Å². The molecule has 0 aliphatic heterocycles. The van der Waals surface area contributed by atoms with Crippen LogP contribution in [0.1, 0.15) is 33.5 Å². The van der Waals surface area contributed by atoms with E-state index in [0.29, 0.717) is 4.68 Å². The molecule has 162 valence electrons. The molecule has 3 rings (SSSR count). The Morgan fingerprint density at radius 1 is 1.13 bits per heavy atom. The van der Waals surface area contributed by atoms with Gasteiger partial charge in [0.05, 0.1) is 23.5 Å². The van der Waals surface area contributed by atoms with Crippen LogP contribution < -0.4 is 5.32 Å². The summed E-state index contributed by atoms with van der Waals surface area (Å²) in [6.45, 7) is 1.40. The lowest BCUT2D eigenvalue weighted by Gasteiger charge is -2.13. The zero-order valence-corrected chi connectivity index (χ0v) is 17.2. The first-order chi connectivity index (χ1) is 14.6. The van der Waals surface area contributed by atoms with Crippen molar-refractivity contribution in [2.45, 2.75) is 13.1 Å². The molecule has 1 amide bonds. The Morgan fingerprint density at radius 3 is 2.42 bits per heavy atom. The Kier molecular flexibility index (Phi) is 6.51. The lowest BCUT2D eigenvalue weighted by atomic mass is 10.2. The van der Waals surface area contributed by atoms with Crippen molar-refractivity contribution in [3.8, 4) is 5.69 Å². The Balaban J connectivity index is 1.89. The predicted octanol–water partition coefficient (Wildman–Crippen LogP) is 5.02. The van der Waals surface area contributed by atoms with Gasteiger partial charge in [0.25, 0.3) is 5.91 Å². The van der Waals surface area contributed by atoms with Gasteiger partial charge in [0.1, 0.15) is 16.4 Å². The highest BCUT2D eigenvalue weighted by atomic mass is 35.5. The molecule has 31 heavy (non-hydrogen) atoms. The molecular weight excluding hydrogens is 460 g/mol. The van der Waals surface area contributed by atoms with E-state index in [-0.39, 0.29) is 33.9 Å². The van der Waals surface area contributed by atoms with E-state index in [2.05, 4.69) is 20.1 Å². The van der Waals surface area contributed by atoms with E-state index in [1.807, 2.05) is 0 Å². The fraction of sp³-hybridized carbons (Fsp3) is 0.158. The molecule has 0 unspecified atom stereocenters. The first-order valence-electron chi connectivity index (χ1n) is 8.68. The third kappa shape index (κ3) is 4.97. The van der Waals surface area contributed by atoms with Gasteiger partial charge in [-0.1, -0.05) is 23.2 Å². The molecule has 0 aliphatic carbocycles. The maximum Gasteiger partial charge on any atom is 0.434 e. The summed E-state index contributed by atoms with van der Waals surface area (Å²) in [5, 5.41) is 6.35. The highest BCUT2D eigenvalue weighted by Crippen LogP contribution is 2.34. The van der Waals surface area contributed by atoms with Gasteiger partial charge in [-0.25, -0.2) is 14.5 Å². The zero-order chi connectivity index (χ0) is 22.8. The number of alkyl halides is 3. The first kappa shape index (κ1) is 22.6. The van der Waals surface area contributed by atoms with Crippen molar-refractivity contribution in [2.24, 2.45) is 0 Å². The van der Waals surface area contributed by atoms with Crippen molar-refractivity contribution in [1.29, 1.82) is 0 Å². The van der Waals surface area contributed by atoms with Crippen LogP contribution >= 0.6 is 23.2 Å². The van der Waals surface area contributed by atoms with Gasteiger partial charge in [0.2, 0.25) is 0 Å². The third-order valence-corrected chi connectivity index (χ3v) is 4.45. The second kappa shape index (κ2) is 8.94. The maximum atomic E-state index is 13.6. The number of hydrogen-bond donors (Lipinski definition) is 1. The van der Waals surface area contributed by atoms with Crippen LogP contribution in [-0.2, 0) is 10.9 Å². The normalized spacial score (nSPS) is 11.3. The van der Waals surface area contributed by atoms with E-state index in [9.17, 15) is 22.8 Å². The van der Waals surface area contributed by atoms with Gasteiger partial charge in [0.15, 0.2) is 5.69 Å². The van der Waals surface area contributed by atoms with Crippen LogP contribution in [-0.4, -0.2) is 33.2 Å². The average Bonchev–Trinajstić information content (AvgIpc) is 3.16. The first-order valence-corrected chi connectivity index (χ1v) is 9.43. The minimum absolute atomic E-state index is 0.0137. The lowest BCUT2D eigenvalue weighted by Crippen LogP contribution is -2.18. The van der Waals surface area contributed by atoms with E-state index in [1.165, 1.54) is 43.3 Å². The molecule has 0 spiro atoms. The van der Waals surface area contributed by atoms with E-state index < -0.39 is 29.3 Å². The molecule has 0 saturated carbocycles. The Hall–Kier alpha value is -3.11. The van der Waals surface area contributed by atoms with Gasteiger partial charge >= 0.3 is 12.1 Å². The quantitative estimate of drug-likeness (QED) is 0.416. The summed E-state index contributed by atoms with van der Waals surface area (Å²) in [5.41, 5.74) is -1.80. The summed E-state index contributed by atoms with van der Waals surface area (Å²) in [6, 6.07) is 8.13. The van der Waals surface area contributed by atoms with Gasteiger partial charge in [-0.05, 0) is 43.3 Å². The summed E-state index contributed by atoms with van der Waals surface area (Å²) >= 11 is 11.7. The number of ether oxygens (including phenoxy) is 1. The molecule has 0 fully saturated rings. The van der Waals surface area contributed by atoms with Crippen LogP contribution in [0.3, 0.4) is 0 Å². The molecule has 0 radical (unpaired) electrons. The number of carbonyl (C=O) groups is 2. The fourth-order valence-corrected chi connectivity index (χ4v) is 2.97. The second-order valence-electron chi connectivity index (χ2n) is 6.00. The largest absolute Gasteiger partial charge is 0.462 e. The minimum atomic E-state index is -4.86. The van der Waals surface area contributed by atoms with Crippen LogP contribution in [0.25, 0.3) is 5.69 Å². The number of benzene rings is 1. The van der Waals surface area contributed by atoms with E-state index in [1.54, 1.807) is 0 Å². The topological polar surface area (TPSA) is 86.1 Å². The van der Waals surface area contributed by atoms with Crippen LogP contribution in [0.5, 0.6) is 0 Å². The zero-order valence-electron chi connectivity index (χ0n) is 15.7. The Labute approximate surface area is 183 Å². The molecule has 2 heterocycles. The van der Waals surface area contributed by atoms with Gasteiger partial charge in [-0.15, -0.1) is 0 Å². The second-order valence-corrected chi connectivity index (χ2v) is 6.80. The SMILES string of the molecule is CCOC(=O)c1cnn(-c2ccc(NC(=O)c3nc(Cl)ccc3Cl)cc2)c1C(F)(F)F. The van der Waals surface area contributed by atoms with Crippen molar-refractivity contribution in [2.75, 3.05) is 11.9 Å². The highest BCUT2D eigenvalue weighted by molar-refractivity contribution is 6.35. The molecule has 12 heteroatoms. The Bertz CT molecular complexity index is 1130. The molecule has 1 aromatic carbocycles. The summed E-state index contributed by atoms with van der Waals surface area (Å²) in [7, 11) is 0. The number of amides is 1. The van der Waals surface area contributed by atoms with Crippen molar-refractivity contribution in [3.05, 3.63) is 69.7 Å². The smallest absolute Gasteiger partial charge is 0.434 e. The molecular formula is C19H13Cl2F3N4O3. The summed E-state index contributed by atoms with van der Waals surface area (Å²) in [5.74, 6) is -1.78. The number of nitrogens with zero attached hydrogens (tertiary/aromatic N) is 3.